The molecule has 25 heavy (non-hydrogen) atoms. The number of halogens is 3. The van der Waals surface area contributed by atoms with E-state index in [0.717, 1.165) is 3.57 Å². The molecule has 0 heterocycles. The van der Waals surface area contributed by atoms with E-state index in [-0.39, 0.29) is 5.57 Å². The molecule has 2 aromatic carbocycles. The van der Waals surface area contributed by atoms with E-state index >= 15 is 0 Å². The zero-order chi connectivity index (χ0) is 18.4. The zero-order valence-electron chi connectivity index (χ0n) is 13.1. The molecule has 0 atom stereocenters. The molecule has 0 aliphatic rings. The van der Waals surface area contributed by atoms with Gasteiger partial charge in [0.1, 0.15) is 17.4 Å². The zero-order valence-corrected chi connectivity index (χ0v) is 16.8. The largest absolute Gasteiger partial charge is 0.494 e. The van der Waals surface area contributed by atoms with Gasteiger partial charge in [-0.05, 0) is 77.6 Å². The molecule has 128 valence electrons. The summed E-state index contributed by atoms with van der Waals surface area (Å²) in [6.45, 7) is 2.42. The average Bonchev–Trinajstić information content (AvgIpc) is 2.55. The van der Waals surface area contributed by atoms with Crippen molar-refractivity contribution in [2.45, 2.75) is 6.92 Å². The predicted octanol–water partition coefficient (Wildman–Crippen LogP) is 5.54. The van der Waals surface area contributed by atoms with Crippen molar-refractivity contribution >= 4 is 63.5 Å². The lowest BCUT2D eigenvalue weighted by molar-refractivity contribution is -0.112. The van der Waals surface area contributed by atoms with Crippen molar-refractivity contribution in [2.24, 2.45) is 0 Å². The van der Waals surface area contributed by atoms with Crippen molar-refractivity contribution in [3.63, 3.8) is 0 Å². The third-order valence-electron chi connectivity index (χ3n) is 3.06. The third-order valence-corrected chi connectivity index (χ3v) is 4.42. The Hall–Kier alpha value is -1.75. The summed E-state index contributed by atoms with van der Waals surface area (Å²) in [6.07, 6.45) is 1.51. The number of benzene rings is 2. The van der Waals surface area contributed by atoms with Gasteiger partial charge < -0.3 is 10.1 Å². The maximum Gasteiger partial charge on any atom is 0.266 e. The number of nitrogens with zero attached hydrogens (tertiary/aromatic N) is 1. The summed E-state index contributed by atoms with van der Waals surface area (Å²) in [6, 6.07) is 12.1. The topological polar surface area (TPSA) is 62.1 Å². The molecule has 1 N–H and O–H groups in total. The highest BCUT2D eigenvalue weighted by Gasteiger charge is 2.11. The first-order valence-electron chi connectivity index (χ1n) is 7.24. The first-order chi connectivity index (χ1) is 11.9. The average molecular weight is 487 g/mol. The Labute approximate surface area is 169 Å². The number of amides is 1. The van der Waals surface area contributed by atoms with Crippen LogP contribution in [0.3, 0.4) is 0 Å². The second-order valence-electron chi connectivity index (χ2n) is 4.91. The number of hydrogen-bond donors (Lipinski definition) is 1. The molecular weight excluding hydrogens is 474 g/mol. The Kier molecular flexibility index (Phi) is 7.12. The third kappa shape index (κ3) is 5.63. The quantitative estimate of drug-likeness (QED) is 0.342. The fourth-order valence-corrected chi connectivity index (χ4v) is 2.97. The Morgan fingerprint density at radius 1 is 1.28 bits per heavy atom. The van der Waals surface area contributed by atoms with Crippen molar-refractivity contribution < 1.29 is 9.53 Å². The van der Waals surface area contributed by atoms with E-state index in [1.807, 2.05) is 25.1 Å². The SMILES string of the molecule is CCOc1cc(I)cc(/C=C(\C#N)C(=O)Nc2ccc(Cl)c(Cl)c2)c1. The fourth-order valence-electron chi connectivity index (χ4n) is 2.01. The van der Waals surface area contributed by atoms with Crippen LogP contribution in [0.15, 0.2) is 42.0 Å². The second kappa shape index (κ2) is 9.09. The normalized spacial score (nSPS) is 10.9. The lowest BCUT2D eigenvalue weighted by Gasteiger charge is -2.07. The molecule has 0 radical (unpaired) electrons. The predicted molar refractivity (Wildman–Crippen MR) is 109 cm³/mol. The van der Waals surface area contributed by atoms with Gasteiger partial charge in [0.15, 0.2) is 0 Å². The number of anilines is 1. The lowest BCUT2D eigenvalue weighted by atomic mass is 10.1. The number of carbonyl (C=O) groups excluding carboxylic acids is 1. The van der Waals surface area contributed by atoms with Gasteiger partial charge in [-0.25, -0.2) is 0 Å². The summed E-state index contributed by atoms with van der Waals surface area (Å²) >= 11 is 13.9. The minimum atomic E-state index is -0.530. The van der Waals surface area contributed by atoms with Crippen molar-refractivity contribution in [3.8, 4) is 11.8 Å². The molecule has 1 amide bonds. The Balaban J connectivity index is 2.26. The van der Waals surface area contributed by atoms with Crippen molar-refractivity contribution in [1.29, 1.82) is 5.26 Å². The van der Waals surface area contributed by atoms with Crippen LogP contribution in [0.1, 0.15) is 12.5 Å². The molecule has 0 bridgehead atoms. The minimum Gasteiger partial charge on any atom is -0.494 e. The molecule has 0 aliphatic carbocycles. The number of nitriles is 1. The minimum absolute atomic E-state index is 0.0319. The summed E-state index contributed by atoms with van der Waals surface area (Å²) in [7, 11) is 0. The van der Waals surface area contributed by atoms with Gasteiger partial charge in [0.2, 0.25) is 0 Å². The standard InChI is InChI=1S/C18H13Cl2IN2O2/c1-2-25-15-7-11(6-13(21)8-15)5-12(10-22)18(24)23-14-3-4-16(19)17(20)9-14/h3-9H,2H2,1H3,(H,23,24)/b12-5+. The molecule has 0 aromatic heterocycles. The Morgan fingerprint density at radius 2 is 2.04 bits per heavy atom. The number of nitrogens with one attached hydrogen (secondary N) is 1. The van der Waals surface area contributed by atoms with Gasteiger partial charge in [-0.15, -0.1) is 0 Å². The molecule has 0 aliphatic heterocycles. The molecular formula is C18H13Cl2IN2O2. The summed E-state index contributed by atoms with van der Waals surface area (Å²) in [5.41, 5.74) is 1.13. The Bertz CT molecular complexity index is 876. The van der Waals surface area contributed by atoms with E-state index in [9.17, 15) is 10.1 Å². The maximum absolute atomic E-state index is 12.3. The van der Waals surface area contributed by atoms with Gasteiger partial charge in [-0.2, -0.15) is 5.26 Å². The molecule has 7 heteroatoms. The summed E-state index contributed by atoms with van der Waals surface area (Å²) in [4.78, 5) is 12.3. The van der Waals surface area contributed by atoms with Crippen LogP contribution in [0, 0.1) is 14.9 Å². The van der Waals surface area contributed by atoms with E-state index in [0.29, 0.717) is 33.7 Å². The van der Waals surface area contributed by atoms with E-state index in [1.165, 1.54) is 12.1 Å². The van der Waals surface area contributed by atoms with Gasteiger partial charge in [-0.3, -0.25) is 4.79 Å². The van der Waals surface area contributed by atoms with Gasteiger partial charge in [0.25, 0.3) is 5.91 Å². The summed E-state index contributed by atoms with van der Waals surface area (Å²) < 4.78 is 6.42. The van der Waals surface area contributed by atoms with Gasteiger partial charge >= 0.3 is 0 Å². The molecule has 0 unspecified atom stereocenters. The first-order valence-corrected chi connectivity index (χ1v) is 9.08. The molecule has 0 fully saturated rings. The molecule has 2 rings (SSSR count). The van der Waals surface area contributed by atoms with Crippen LogP contribution in [0.5, 0.6) is 5.75 Å². The van der Waals surface area contributed by atoms with Crippen LogP contribution < -0.4 is 10.1 Å². The number of rotatable bonds is 5. The number of carbonyl (C=O) groups is 1. The molecule has 2 aromatic rings. The van der Waals surface area contributed by atoms with Crippen LogP contribution in [0.4, 0.5) is 5.69 Å². The highest BCUT2D eigenvalue weighted by Crippen LogP contribution is 2.25. The number of hydrogen-bond acceptors (Lipinski definition) is 3. The molecule has 0 spiro atoms. The molecule has 0 saturated heterocycles. The van der Waals surface area contributed by atoms with Crippen LogP contribution in [0.2, 0.25) is 10.0 Å². The van der Waals surface area contributed by atoms with Gasteiger partial charge in [-0.1, -0.05) is 23.2 Å². The van der Waals surface area contributed by atoms with E-state index in [1.54, 1.807) is 18.2 Å². The highest BCUT2D eigenvalue weighted by atomic mass is 127. The van der Waals surface area contributed by atoms with Crippen LogP contribution in [-0.2, 0) is 4.79 Å². The highest BCUT2D eigenvalue weighted by molar-refractivity contribution is 14.1. The van der Waals surface area contributed by atoms with Crippen LogP contribution in [0.25, 0.3) is 6.08 Å². The number of ether oxygens (including phenoxy) is 1. The Morgan fingerprint density at radius 3 is 2.68 bits per heavy atom. The van der Waals surface area contributed by atoms with Crippen molar-refractivity contribution in [3.05, 3.63) is 61.2 Å². The monoisotopic (exact) mass is 486 g/mol. The van der Waals surface area contributed by atoms with Crippen molar-refractivity contribution in [2.75, 3.05) is 11.9 Å². The van der Waals surface area contributed by atoms with E-state index in [4.69, 9.17) is 27.9 Å². The summed E-state index contributed by atoms with van der Waals surface area (Å²) in [5.74, 6) is 0.153. The smallest absolute Gasteiger partial charge is 0.266 e. The van der Waals surface area contributed by atoms with Crippen LogP contribution >= 0.6 is 45.8 Å². The van der Waals surface area contributed by atoms with Gasteiger partial charge in [0, 0.05) is 9.26 Å². The molecule has 4 nitrogen and oxygen atoms in total. The lowest BCUT2D eigenvalue weighted by Crippen LogP contribution is -2.13. The second-order valence-corrected chi connectivity index (χ2v) is 6.97. The summed E-state index contributed by atoms with van der Waals surface area (Å²) in [5, 5.41) is 12.7. The van der Waals surface area contributed by atoms with E-state index in [2.05, 4.69) is 27.9 Å². The van der Waals surface area contributed by atoms with Crippen LogP contribution in [-0.4, -0.2) is 12.5 Å². The first kappa shape index (κ1) is 19.6. The molecule has 0 saturated carbocycles. The van der Waals surface area contributed by atoms with E-state index < -0.39 is 5.91 Å². The fraction of sp³-hybridized carbons (Fsp3) is 0.111. The van der Waals surface area contributed by atoms with Crippen molar-refractivity contribution in [1.82, 2.24) is 0 Å². The maximum atomic E-state index is 12.3. The van der Waals surface area contributed by atoms with Gasteiger partial charge in [0.05, 0.1) is 16.7 Å².